The van der Waals surface area contributed by atoms with Crippen LogP contribution in [-0.2, 0) is 19.8 Å². The van der Waals surface area contributed by atoms with Gasteiger partial charge in [-0.15, -0.1) is 0 Å². The summed E-state index contributed by atoms with van der Waals surface area (Å²) in [6.45, 7) is 1.31. The maximum atomic E-state index is 11.4. The van der Waals surface area contributed by atoms with Crippen molar-refractivity contribution in [3.8, 4) is 5.75 Å². The van der Waals surface area contributed by atoms with Gasteiger partial charge in [0.2, 0.25) is 5.76 Å². The number of hydrogen-bond donors (Lipinski definition) is 1. The van der Waals surface area contributed by atoms with Crippen molar-refractivity contribution in [3.63, 3.8) is 0 Å². The van der Waals surface area contributed by atoms with E-state index in [9.17, 15) is 5.11 Å². The number of allylic oxidation sites excluding steroid dienone is 2. The quantitative estimate of drug-likeness (QED) is 0.826. The van der Waals surface area contributed by atoms with Gasteiger partial charge in [0.15, 0.2) is 5.76 Å². The first kappa shape index (κ1) is 19.4. The zero-order chi connectivity index (χ0) is 19.4. The van der Waals surface area contributed by atoms with Crippen molar-refractivity contribution in [3.05, 3.63) is 59.2 Å². The Hall–Kier alpha value is -2.34. The van der Waals surface area contributed by atoms with E-state index in [1.807, 2.05) is 24.3 Å². The van der Waals surface area contributed by atoms with Crippen LogP contribution in [0.3, 0.4) is 0 Å². The lowest BCUT2D eigenvalue weighted by molar-refractivity contribution is -0.0269. The van der Waals surface area contributed by atoms with E-state index in [-0.39, 0.29) is 0 Å². The van der Waals surface area contributed by atoms with Gasteiger partial charge < -0.3 is 29.0 Å². The molecule has 0 saturated carbocycles. The third kappa shape index (κ3) is 3.72. The highest BCUT2D eigenvalue weighted by molar-refractivity contribution is 5.39. The molecule has 1 heterocycles. The number of hydrogen-bond acceptors (Lipinski definition) is 6. The largest absolute Gasteiger partial charge is 0.497 e. The van der Waals surface area contributed by atoms with Crippen LogP contribution in [0.5, 0.6) is 5.75 Å². The van der Waals surface area contributed by atoms with Crippen LogP contribution in [0.2, 0.25) is 0 Å². The van der Waals surface area contributed by atoms with Gasteiger partial charge in [-0.2, -0.15) is 0 Å². The SMILES string of the molecule is COC1=C(OC)C(OC)=C(N2CCCC(O)(c3cccc(OC)c3)C2)[CH]C1. The van der Waals surface area contributed by atoms with Crippen LogP contribution < -0.4 is 4.74 Å². The minimum absolute atomic E-state index is 0.470. The topological polar surface area (TPSA) is 60.4 Å². The summed E-state index contributed by atoms with van der Waals surface area (Å²) >= 11 is 0. The van der Waals surface area contributed by atoms with Crippen LogP contribution >= 0.6 is 0 Å². The van der Waals surface area contributed by atoms with Crippen molar-refractivity contribution in [1.82, 2.24) is 4.90 Å². The highest BCUT2D eigenvalue weighted by Crippen LogP contribution is 2.39. The molecule has 0 amide bonds. The van der Waals surface area contributed by atoms with E-state index >= 15 is 0 Å². The highest BCUT2D eigenvalue weighted by atomic mass is 16.5. The van der Waals surface area contributed by atoms with Gasteiger partial charge in [0.25, 0.3) is 0 Å². The van der Waals surface area contributed by atoms with Gasteiger partial charge in [-0.05, 0) is 30.5 Å². The molecule has 1 N–H and O–H groups in total. The molecule has 1 aliphatic heterocycles. The van der Waals surface area contributed by atoms with Gasteiger partial charge >= 0.3 is 0 Å². The second-order valence-electron chi connectivity index (χ2n) is 6.78. The normalized spacial score (nSPS) is 23.4. The van der Waals surface area contributed by atoms with E-state index in [0.717, 1.165) is 35.7 Å². The summed E-state index contributed by atoms with van der Waals surface area (Å²) in [7, 11) is 6.50. The number of benzene rings is 1. The monoisotopic (exact) mass is 374 g/mol. The predicted octanol–water partition coefficient (Wildman–Crippen LogP) is 2.95. The van der Waals surface area contributed by atoms with Crippen molar-refractivity contribution in [2.75, 3.05) is 41.5 Å². The molecular weight excluding hydrogens is 346 g/mol. The smallest absolute Gasteiger partial charge is 0.200 e. The summed E-state index contributed by atoms with van der Waals surface area (Å²) in [5.74, 6) is 2.72. The molecule has 0 spiro atoms. The molecular formula is C21H28NO5. The van der Waals surface area contributed by atoms with Crippen molar-refractivity contribution >= 4 is 0 Å². The fourth-order valence-electron chi connectivity index (χ4n) is 3.86. The summed E-state index contributed by atoms with van der Waals surface area (Å²) in [5.41, 5.74) is 0.837. The number of β-amino-alcohol motifs (C(OH)–C–C–N with tert-alkyl or cyclic N) is 1. The van der Waals surface area contributed by atoms with Crippen molar-refractivity contribution < 1.29 is 24.1 Å². The Labute approximate surface area is 161 Å². The van der Waals surface area contributed by atoms with Crippen LogP contribution in [0.25, 0.3) is 0 Å². The summed E-state index contributed by atoms with van der Waals surface area (Å²) < 4.78 is 21.9. The average Bonchev–Trinajstić information content (AvgIpc) is 2.72. The first-order chi connectivity index (χ1) is 13.1. The standard InChI is InChI=1S/C21H28NO5/c1-24-16-8-5-7-15(13-16)21(23)11-6-12-22(14-21)17-9-10-18(25-2)20(27-4)19(17)26-3/h5,7-9,13,23H,6,10-12,14H2,1-4H3. The van der Waals surface area contributed by atoms with Crippen molar-refractivity contribution in [2.45, 2.75) is 24.9 Å². The van der Waals surface area contributed by atoms with E-state index in [4.69, 9.17) is 18.9 Å². The number of ether oxygens (including phenoxy) is 4. The van der Waals surface area contributed by atoms with Gasteiger partial charge in [-0.25, -0.2) is 0 Å². The summed E-state index contributed by atoms with van der Waals surface area (Å²) in [6, 6.07) is 7.65. The summed E-state index contributed by atoms with van der Waals surface area (Å²) in [6.07, 6.45) is 4.25. The molecule has 2 aliphatic rings. The number of piperidine rings is 1. The molecule has 1 radical (unpaired) electrons. The van der Waals surface area contributed by atoms with Crippen LogP contribution in [0.1, 0.15) is 24.8 Å². The molecule has 6 heteroatoms. The van der Waals surface area contributed by atoms with Gasteiger partial charge in [0.1, 0.15) is 17.1 Å². The minimum Gasteiger partial charge on any atom is -0.497 e. The van der Waals surface area contributed by atoms with Gasteiger partial charge in [0.05, 0.1) is 40.7 Å². The molecule has 3 rings (SSSR count). The Morgan fingerprint density at radius 3 is 2.44 bits per heavy atom. The first-order valence-corrected chi connectivity index (χ1v) is 9.11. The Bertz CT molecular complexity index is 742. The van der Waals surface area contributed by atoms with E-state index in [1.54, 1.807) is 28.4 Å². The van der Waals surface area contributed by atoms with Crippen molar-refractivity contribution in [1.29, 1.82) is 0 Å². The molecule has 0 bridgehead atoms. The molecule has 1 aromatic rings. The molecule has 1 unspecified atom stereocenters. The van der Waals surface area contributed by atoms with E-state index in [2.05, 4.69) is 11.3 Å². The summed E-state index contributed by atoms with van der Waals surface area (Å²) in [4.78, 5) is 2.16. The Balaban J connectivity index is 1.93. The van der Waals surface area contributed by atoms with Crippen LogP contribution in [0.4, 0.5) is 0 Å². The zero-order valence-corrected chi connectivity index (χ0v) is 16.4. The molecule has 147 valence electrons. The van der Waals surface area contributed by atoms with Crippen LogP contribution in [0, 0.1) is 6.42 Å². The zero-order valence-electron chi connectivity index (χ0n) is 16.4. The Morgan fingerprint density at radius 1 is 1.00 bits per heavy atom. The van der Waals surface area contributed by atoms with Crippen LogP contribution in [0.15, 0.2) is 47.2 Å². The molecule has 1 aliphatic carbocycles. The fraction of sp³-hybridized carbons (Fsp3) is 0.476. The lowest BCUT2D eigenvalue weighted by Gasteiger charge is -2.43. The van der Waals surface area contributed by atoms with E-state index < -0.39 is 5.60 Å². The van der Waals surface area contributed by atoms with Crippen molar-refractivity contribution in [2.24, 2.45) is 0 Å². The second-order valence-corrected chi connectivity index (χ2v) is 6.78. The Morgan fingerprint density at radius 2 is 1.78 bits per heavy atom. The van der Waals surface area contributed by atoms with E-state index in [1.165, 1.54) is 0 Å². The Kier molecular flexibility index (Phi) is 5.85. The fourth-order valence-corrected chi connectivity index (χ4v) is 3.86. The molecule has 1 aromatic carbocycles. The number of methoxy groups -OCH3 is 4. The van der Waals surface area contributed by atoms with Crippen LogP contribution in [-0.4, -0.2) is 51.5 Å². The highest BCUT2D eigenvalue weighted by Gasteiger charge is 2.38. The summed E-state index contributed by atoms with van der Waals surface area (Å²) in [5, 5.41) is 11.4. The third-order valence-corrected chi connectivity index (χ3v) is 5.25. The lowest BCUT2D eigenvalue weighted by atomic mass is 9.85. The van der Waals surface area contributed by atoms with Gasteiger partial charge in [0, 0.05) is 19.4 Å². The number of aliphatic hydroxyl groups is 1. The number of nitrogens with zero attached hydrogens (tertiary/aromatic N) is 1. The van der Waals surface area contributed by atoms with Gasteiger partial charge in [-0.3, -0.25) is 0 Å². The molecule has 1 atom stereocenters. The third-order valence-electron chi connectivity index (χ3n) is 5.25. The maximum Gasteiger partial charge on any atom is 0.200 e. The van der Waals surface area contributed by atoms with E-state index in [0.29, 0.717) is 30.9 Å². The minimum atomic E-state index is -0.953. The molecule has 1 fully saturated rings. The van der Waals surface area contributed by atoms with Gasteiger partial charge in [-0.1, -0.05) is 12.1 Å². The number of rotatable bonds is 6. The molecule has 27 heavy (non-hydrogen) atoms. The second kappa shape index (κ2) is 8.13. The molecule has 6 nitrogen and oxygen atoms in total. The number of likely N-dealkylation sites (tertiary alicyclic amines) is 1. The maximum absolute atomic E-state index is 11.4. The first-order valence-electron chi connectivity index (χ1n) is 9.11. The average molecular weight is 374 g/mol. The predicted molar refractivity (Wildman–Crippen MR) is 102 cm³/mol. The lowest BCUT2D eigenvalue weighted by Crippen LogP contribution is -2.46. The molecule has 0 aromatic heterocycles. The molecule has 1 saturated heterocycles.